The normalized spacial score (nSPS) is 9.83. The van der Waals surface area contributed by atoms with Crippen molar-refractivity contribution in [3.05, 3.63) is 29.8 Å². The number of anilines is 1. The van der Waals surface area contributed by atoms with Crippen molar-refractivity contribution in [3.63, 3.8) is 0 Å². The molecule has 0 heterocycles. The standard InChI is InChI=1S/C13H18N2O3/c1-2-3-7-18-12(16)9-15-11-6-4-5-10(8-11)13(14)17/h4-6,8,15H,2-3,7,9H2,1H3,(H2,14,17). The predicted molar refractivity (Wildman–Crippen MR) is 69.3 cm³/mol. The molecule has 0 aliphatic carbocycles. The maximum absolute atomic E-state index is 11.3. The smallest absolute Gasteiger partial charge is 0.325 e. The summed E-state index contributed by atoms with van der Waals surface area (Å²) in [5, 5.41) is 2.88. The summed E-state index contributed by atoms with van der Waals surface area (Å²) in [5.41, 5.74) is 6.23. The van der Waals surface area contributed by atoms with Crippen LogP contribution in [-0.2, 0) is 9.53 Å². The molecule has 18 heavy (non-hydrogen) atoms. The van der Waals surface area contributed by atoms with E-state index in [2.05, 4.69) is 5.32 Å². The summed E-state index contributed by atoms with van der Waals surface area (Å²) >= 11 is 0. The molecule has 0 saturated heterocycles. The Bertz CT molecular complexity index is 418. The second-order valence-corrected chi connectivity index (χ2v) is 3.87. The van der Waals surface area contributed by atoms with Crippen LogP contribution in [-0.4, -0.2) is 25.0 Å². The van der Waals surface area contributed by atoms with E-state index in [9.17, 15) is 9.59 Å². The third kappa shape index (κ3) is 4.86. The van der Waals surface area contributed by atoms with Gasteiger partial charge in [-0.3, -0.25) is 9.59 Å². The molecule has 3 N–H and O–H groups in total. The zero-order chi connectivity index (χ0) is 13.4. The summed E-state index contributed by atoms with van der Waals surface area (Å²) in [6, 6.07) is 6.67. The van der Waals surface area contributed by atoms with Gasteiger partial charge in [-0.05, 0) is 24.6 Å². The molecule has 0 fully saturated rings. The van der Waals surface area contributed by atoms with E-state index < -0.39 is 5.91 Å². The van der Waals surface area contributed by atoms with Crippen molar-refractivity contribution in [2.75, 3.05) is 18.5 Å². The molecule has 98 valence electrons. The lowest BCUT2D eigenvalue weighted by molar-refractivity contribution is -0.141. The van der Waals surface area contributed by atoms with Crippen molar-refractivity contribution in [2.24, 2.45) is 5.73 Å². The van der Waals surface area contributed by atoms with Gasteiger partial charge in [-0.2, -0.15) is 0 Å². The van der Waals surface area contributed by atoms with Crippen LogP contribution in [0.3, 0.4) is 0 Å². The molecule has 0 aromatic heterocycles. The minimum absolute atomic E-state index is 0.0753. The lowest BCUT2D eigenvalue weighted by Gasteiger charge is -2.07. The molecule has 0 atom stereocenters. The average Bonchev–Trinajstić information content (AvgIpc) is 2.37. The maximum Gasteiger partial charge on any atom is 0.325 e. The Labute approximate surface area is 106 Å². The summed E-state index contributed by atoms with van der Waals surface area (Å²) in [7, 11) is 0. The molecule has 0 aliphatic heterocycles. The fraction of sp³-hybridized carbons (Fsp3) is 0.385. The van der Waals surface area contributed by atoms with Crippen molar-refractivity contribution in [2.45, 2.75) is 19.8 Å². The number of benzene rings is 1. The molecule has 0 saturated carbocycles. The molecule has 0 spiro atoms. The Kier molecular flexibility index (Phi) is 5.70. The van der Waals surface area contributed by atoms with Crippen LogP contribution in [0.5, 0.6) is 0 Å². The van der Waals surface area contributed by atoms with Gasteiger partial charge in [0.25, 0.3) is 0 Å². The fourth-order valence-corrected chi connectivity index (χ4v) is 1.34. The number of esters is 1. The molecular formula is C13H18N2O3. The van der Waals surface area contributed by atoms with E-state index in [1.165, 1.54) is 0 Å². The van der Waals surface area contributed by atoms with Crippen molar-refractivity contribution in [3.8, 4) is 0 Å². The number of primary amides is 1. The first-order valence-corrected chi connectivity index (χ1v) is 5.93. The minimum atomic E-state index is -0.496. The van der Waals surface area contributed by atoms with Gasteiger partial charge < -0.3 is 15.8 Å². The van der Waals surface area contributed by atoms with Crippen LogP contribution in [0.1, 0.15) is 30.1 Å². The quantitative estimate of drug-likeness (QED) is 0.568. The van der Waals surface area contributed by atoms with Gasteiger partial charge in [0, 0.05) is 11.3 Å². The number of unbranched alkanes of at least 4 members (excludes halogenated alkanes) is 1. The van der Waals surface area contributed by atoms with Crippen LogP contribution in [0.15, 0.2) is 24.3 Å². The van der Waals surface area contributed by atoms with Crippen LogP contribution < -0.4 is 11.1 Å². The summed E-state index contributed by atoms with van der Waals surface area (Å²) < 4.78 is 4.99. The van der Waals surface area contributed by atoms with E-state index >= 15 is 0 Å². The van der Waals surface area contributed by atoms with E-state index in [1.54, 1.807) is 24.3 Å². The molecule has 0 bridgehead atoms. The van der Waals surface area contributed by atoms with Gasteiger partial charge in [0.1, 0.15) is 6.54 Å². The van der Waals surface area contributed by atoms with E-state index in [0.717, 1.165) is 12.8 Å². The molecule has 1 rings (SSSR count). The highest BCUT2D eigenvalue weighted by molar-refractivity contribution is 5.93. The number of ether oxygens (including phenoxy) is 1. The van der Waals surface area contributed by atoms with Crippen LogP contribution in [0.2, 0.25) is 0 Å². The zero-order valence-corrected chi connectivity index (χ0v) is 10.4. The van der Waals surface area contributed by atoms with E-state index in [-0.39, 0.29) is 12.5 Å². The summed E-state index contributed by atoms with van der Waals surface area (Å²) in [4.78, 5) is 22.3. The van der Waals surface area contributed by atoms with Gasteiger partial charge in [-0.15, -0.1) is 0 Å². The van der Waals surface area contributed by atoms with Gasteiger partial charge >= 0.3 is 5.97 Å². The third-order valence-electron chi connectivity index (χ3n) is 2.34. The Morgan fingerprint density at radius 3 is 2.83 bits per heavy atom. The SMILES string of the molecule is CCCCOC(=O)CNc1cccc(C(N)=O)c1. The highest BCUT2D eigenvalue weighted by atomic mass is 16.5. The number of hydrogen-bond acceptors (Lipinski definition) is 4. The topological polar surface area (TPSA) is 81.4 Å². The molecule has 1 amide bonds. The van der Waals surface area contributed by atoms with Gasteiger partial charge in [-0.1, -0.05) is 19.4 Å². The van der Waals surface area contributed by atoms with Crippen LogP contribution >= 0.6 is 0 Å². The van der Waals surface area contributed by atoms with Crippen molar-refractivity contribution in [1.29, 1.82) is 0 Å². The summed E-state index contributed by atoms with van der Waals surface area (Å²) in [6.07, 6.45) is 1.85. The highest BCUT2D eigenvalue weighted by Gasteiger charge is 2.04. The lowest BCUT2D eigenvalue weighted by Crippen LogP contribution is -2.18. The number of nitrogens with one attached hydrogen (secondary N) is 1. The first kappa shape index (κ1) is 14.0. The second-order valence-electron chi connectivity index (χ2n) is 3.87. The van der Waals surface area contributed by atoms with Crippen molar-refractivity contribution in [1.82, 2.24) is 0 Å². The Hall–Kier alpha value is -2.04. The van der Waals surface area contributed by atoms with Gasteiger partial charge in [-0.25, -0.2) is 0 Å². The molecule has 1 aromatic carbocycles. The second kappa shape index (κ2) is 7.32. The fourth-order valence-electron chi connectivity index (χ4n) is 1.34. The van der Waals surface area contributed by atoms with E-state index in [1.807, 2.05) is 6.92 Å². The molecule has 1 aromatic rings. The number of hydrogen-bond donors (Lipinski definition) is 2. The number of nitrogens with two attached hydrogens (primary N) is 1. The molecule has 0 unspecified atom stereocenters. The van der Waals surface area contributed by atoms with Crippen LogP contribution in [0.25, 0.3) is 0 Å². The van der Waals surface area contributed by atoms with Gasteiger partial charge in [0.05, 0.1) is 6.61 Å². The zero-order valence-electron chi connectivity index (χ0n) is 10.4. The first-order chi connectivity index (χ1) is 8.63. The Balaban J connectivity index is 2.41. The van der Waals surface area contributed by atoms with Crippen LogP contribution in [0.4, 0.5) is 5.69 Å². The monoisotopic (exact) mass is 250 g/mol. The molecule has 5 nitrogen and oxygen atoms in total. The van der Waals surface area contributed by atoms with Crippen molar-refractivity contribution >= 4 is 17.6 Å². The van der Waals surface area contributed by atoms with Crippen LogP contribution in [0, 0.1) is 0 Å². The first-order valence-electron chi connectivity index (χ1n) is 5.93. The molecule has 0 aliphatic rings. The average molecular weight is 250 g/mol. The summed E-state index contributed by atoms with van der Waals surface area (Å²) in [6.45, 7) is 2.55. The Morgan fingerprint density at radius 1 is 1.39 bits per heavy atom. The summed E-state index contributed by atoms with van der Waals surface area (Å²) in [5.74, 6) is -0.808. The number of carbonyl (C=O) groups excluding carboxylic acids is 2. The van der Waals surface area contributed by atoms with E-state index in [0.29, 0.717) is 17.9 Å². The Morgan fingerprint density at radius 2 is 2.17 bits per heavy atom. The molecule has 5 heteroatoms. The highest BCUT2D eigenvalue weighted by Crippen LogP contribution is 2.09. The number of rotatable bonds is 7. The minimum Gasteiger partial charge on any atom is -0.464 e. The van der Waals surface area contributed by atoms with Gasteiger partial charge in [0.15, 0.2) is 0 Å². The maximum atomic E-state index is 11.3. The third-order valence-corrected chi connectivity index (χ3v) is 2.34. The predicted octanol–water partition coefficient (Wildman–Crippen LogP) is 1.54. The number of amides is 1. The molecule has 0 radical (unpaired) electrons. The number of carbonyl (C=O) groups is 2. The van der Waals surface area contributed by atoms with Crippen molar-refractivity contribution < 1.29 is 14.3 Å². The van der Waals surface area contributed by atoms with Gasteiger partial charge in [0.2, 0.25) is 5.91 Å². The molecular weight excluding hydrogens is 232 g/mol. The largest absolute Gasteiger partial charge is 0.464 e. The lowest BCUT2D eigenvalue weighted by atomic mass is 10.2. The van der Waals surface area contributed by atoms with E-state index in [4.69, 9.17) is 10.5 Å².